The summed E-state index contributed by atoms with van der Waals surface area (Å²) in [5.41, 5.74) is 1.26. The average molecular weight is 309 g/mol. The normalized spacial score (nSPS) is 23.5. The molecule has 5 heteroatoms. The van der Waals surface area contributed by atoms with Gasteiger partial charge in [0.1, 0.15) is 6.10 Å². The smallest absolute Gasteiger partial charge is 0.251 e. The molecule has 0 saturated carbocycles. The summed E-state index contributed by atoms with van der Waals surface area (Å²) in [6.07, 6.45) is 1.70. The van der Waals surface area contributed by atoms with E-state index in [-0.39, 0.29) is 12.0 Å². The monoisotopic (exact) mass is 308 g/mol. The maximum absolute atomic E-state index is 12.3. The van der Waals surface area contributed by atoms with Gasteiger partial charge >= 0.3 is 0 Å². The average Bonchev–Trinajstić information content (AvgIpc) is 3.04. The molecule has 0 N–H and O–H groups in total. The van der Waals surface area contributed by atoms with Crippen molar-refractivity contribution in [2.45, 2.75) is 25.5 Å². The summed E-state index contributed by atoms with van der Waals surface area (Å²) >= 11 is 5.90. The van der Waals surface area contributed by atoms with Crippen molar-refractivity contribution in [3.05, 3.63) is 34.9 Å². The van der Waals surface area contributed by atoms with Gasteiger partial charge in [0, 0.05) is 44.4 Å². The van der Waals surface area contributed by atoms with E-state index < -0.39 is 0 Å². The van der Waals surface area contributed by atoms with Crippen LogP contribution in [0, 0.1) is 0 Å². The van der Waals surface area contributed by atoms with E-state index in [1.807, 2.05) is 17.0 Å². The Morgan fingerprint density at radius 1 is 1.19 bits per heavy atom. The van der Waals surface area contributed by atoms with E-state index in [1.165, 1.54) is 5.56 Å². The number of amides is 1. The van der Waals surface area contributed by atoms with Crippen molar-refractivity contribution < 1.29 is 9.53 Å². The molecule has 1 amide bonds. The van der Waals surface area contributed by atoms with E-state index in [4.69, 9.17) is 16.3 Å². The van der Waals surface area contributed by atoms with Gasteiger partial charge in [0.05, 0.1) is 0 Å². The Labute approximate surface area is 130 Å². The van der Waals surface area contributed by atoms with Crippen LogP contribution in [0.1, 0.15) is 18.4 Å². The van der Waals surface area contributed by atoms with Gasteiger partial charge in [0.25, 0.3) is 5.91 Å². The molecule has 1 aromatic rings. The molecule has 0 aliphatic carbocycles. The highest BCUT2D eigenvalue weighted by atomic mass is 35.5. The molecule has 0 radical (unpaired) electrons. The summed E-state index contributed by atoms with van der Waals surface area (Å²) < 4.78 is 5.48. The first-order valence-electron chi connectivity index (χ1n) is 7.59. The van der Waals surface area contributed by atoms with Gasteiger partial charge in [-0.05, 0) is 30.5 Å². The lowest BCUT2D eigenvalue weighted by molar-refractivity contribution is -0.142. The molecular formula is C16H21ClN2O2. The van der Waals surface area contributed by atoms with Gasteiger partial charge in [-0.1, -0.05) is 23.7 Å². The van der Waals surface area contributed by atoms with Crippen LogP contribution in [0.3, 0.4) is 0 Å². The summed E-state index contributed by atoms with van der Waals surface area (Å²) in [5, 5.41) is 0.769. The second kappa shape index (κ2) is 6.77. The van der Waals surface area contributed by atoms with Crippen LogP contribution in [0.15, 0.2) is 24.3 Å². The van der Waals surface area contributed by atoms with Crippen LogP contribution < -0.4 is 0 Å². The topological polar surface area (TPSA) is 32.8 Å². The van der Waals surface area contributed by atoms with Gasteiger partial charge in [-0.2, -0.15) is 0 Å². The molecule has 0 unspecified atom stereocenters. The first-order chi connectivity index (χ1) is 10.2. The van der Waals surface area contributed by atoms with E-state index in [1.54, 1.807) is 0 Å². The Morgan fingerprint density at radius 2 is 1.90 bits per heavy atom. The van der Waals surface area contributed by atoms with Crippen LogP contribution in [-0.4, -0.2) is 54.6 Å². The Hall–Kier alpha value is -1.10. The summed E-state index contributed by atoms with van der Waals surface area (Å²) in [5.74, 6) is 0.179. The van der Waals surface area contributed by atoms with Crippen molar-refractivity contribution >= 4 is 17.5 Å². The number of benzene rings is 1. The Morgan fingerprint density at radius 3 is 2.52 bits per heavy atom. The molecule has 0 aromatic heterocycles. The van der Waals surface area contributed by atoms with Crippen molar-refractivity contribution in [1.29, 1.82) is 0 Å². The zero-order chi connectivity index (χ0) is 14.7. The van der Waals surface area contributed by atoms with E-state index in [2.05, 4.69) is 17.0 Å². The number of carbonyl (C=O) groups is 1. The molecule has 4 nitrogen and oxygen atoms in total. The molecule has 2 aliphatic rings. The van der Waals surface area contributed by atoms with Crippen LogP contribution in [0.2, 0.25) is 5.02 Å². The van der Waals surface area contributed by atoms with Crippen LogP contribution >= 0.6 is 11.6 Å². The SMILES string of the molecule is O=C([C@H]1CCCO1)N1CCN(Cc2ccc(Cl)cc2)CC1. The fraction of sp³-hybridized carbons (Fsp3) is 0.562. The molecular weight excluding hydrogens is 288 g/mol. The summed E-state index contributed by atoms with van der Waals surface area (Å²) in [7, 11) is 0. The molecule has 3 rings (SSSR count). The quantitative estimate of drug-likeness (QED) is 0.858. The van der Waals surface area contributed by atoms with Crippen LogP contribution in [0.25, 0.3) is 0 Å². The zero-order valence-electron chi connectivity index (χ0n) is 12.1. The highest BCUT2D eigenvalue weighted by Crippen LogP contribution is 2.17. The third kappa shape index (κ3) is 3.76. The Bertz CT molecular complexity index is 478. The van der Waals surface area contributed by atoms with Crippen molar-refractivity contribution in [2.24, 2.45) is 0 Å². The molecule has 2 heterocycles. The van der Waals surface area contributed by atoms with Crippen molar-refractivity contribution in [1.82, 2.24) is 9.80 Å². The number of hydrogen-bond donors (Lipinski definition) is 0. The Kier molecular flexibility index (Phi) is 4.78. The van der Waals surface area contributed by atoms with Gasteiger partial charge in [-0.25, -0.2) is 0 Å². The maximum Gasteiger partial charge on any atom is 0.251 e. The lowest BCUT2D eigenvalue weighted by atomic mass is 10.1. The molecule has 1 aromatic carbocycles. The number of ether oxygens (including phenoxy) is 1. The molecule has 2 fully saturated rings. The number of carbonyl (C=O) groups excluding carboxylic acids is 1. The fourth-order valence-corrected chi connectivity index (χ4v) is 3.08. The number of halogens is 1. The molecule has 21 heavy (non-hydrogen) atoms. The second-order valence-electron chi connectivity index (χ2n) is 5.73. The molecule has 1 atom stereocenters. The number of nitrogens with zero attached hydrogens (tertiary/aromatic N) is 2. The highest BCUT2D eigenvalue weighted by Gasteiger charge is 2.30. The zero-order valence-corrected chi connectivity index (χ0v) is 12.9. The summed E-state index contributed by atoms with van der Waals surface area (Å²) in [6, 6.07) is 7.97. The van der Waals surface area contributed by atoms with Gasteiger partial charge < -0.3 is 9.64 Å². The van der Waals surface area contributed by atoms with Crippen LogP contribution in [0.4, 0.5) is 0 Å². The van der Waals surface area contributed by atoms with Gasteiger partial charge in [-0.15, -0.1) is 0 Å². The second-order valence-corrected chi connectivity index (χ2v) is 6.17. The fourth-order valence-electron chi connectivity index (χ4n) is 2.95. The minimum Gasteiger partial charge on any atom is -0.368 e. The van der Waals surface area contributed by atoms with E-state index in [0.717, 1.165) is 57.2 Å². The molecule has 2 aliphatic heterocycles. The lowest BCUT2D eigenvalue weighted by Crippen LogP contribution is -2.51. The third-order valence-corrected chi connectivity index (χ3v) is 4.46. The van der Waals surface area contributed by atoms with Gasteiger partial charge in [-0.3, -0.25) is 9.69 Å². The predicted octanol–water partition coefficient (Wildman–Crippen LogP) is 2.16. The number of hydrogen-bond acceptors (Lipinski definition) is 3. The maximum atomic E-state index is 12.3. The molecule has 0 spiro atoms. The van der Waals surface area contributed by atoms with E-state index >= 15 is 0 Å². The number of rotatable bonds is 3. The van der Waals surface area contributed by atoms with Gasteiger partial charge in [0.15, 0.2) is 0 Å². The highest BCUT2D eigenvalue weighted by molar-refractivity contribution is 6.30. The Balaban J connectivity index is 1.48. The van der Waals surface area contributed by atoms with Crippen molar-refractivity contribution in [3.8, 4) is 0 Å². The minimum atomic E-state index is -0.187. The lowest BCUT2D eigenvalue weighted by Gasteiger charge is -2.35. The minimum absolute atomic E-state index is 0.179. The first-order valence-corrected chi connectivity index (χ1v) is 7.97. The van der Waals surface area contributed by atoms with Crippen LogP contribution in [-0.2, 0) is 16.1 Å². The third-order valence-electron chi connectivity index (χ3n) is 4.21. The molecule has 0 bridgehead atoms. The van der Waals surface area contributed by atoms with E-state index in [0.29, 0.717) is 0 Å². The first kappa shape index (κ1) is 14.8. The predicted molar refractivity (Wildman–Crippen MR) is 82.3 cm³/mol. The standard InChI is InChI=1S/C16H21ClN2O2/c17-14-5-3-13(4-6-14)12-18-7-9-19(10-8-18)16(20)15-2-1-11-21-15/h3-6,15H,1-2,7-12H2/t15-/m1/s1. The van der Waals surface area contributed by atoms with Gasteiger partial charge in [0.2, 0.25) is 0 Å². The summed E-state index contributed by atoms with van der Waals surface area (Å²) in [4.78, 5) is 16.6. The van der Waals surface area contributed by atoms with E-state index in [9.17, 15) is 4.79 Å². The van der Waals surface area contributed by atoms with Crippen LogP contribution in [0.5, 0.6) is 0 Å². The van der Waals surface area contributed by atoms with Crippen molar-refractivity contribution in [3.63, 3.8) is 0 Å². The summed E-state index contributed by atoms with van der Waals surface area (Å²) in [6.45, 7) is 5.08. The number of piperazine rings is 1. The molecule has 114 valence electrons. The van der Waals surface area contributed by atoms with Crippen molar-refractivity contribution in [2.75, 3.05) is 32.8 Å². The molecule has 2 saturated heterocycles. The largest absolute Gasteiger partial charge is 0.368 e.